The number of hydrogen-bond acceptors (Lipinski definition) is 12. The number of methoxy groups -OCH3 is 2. The predicted octanol–water partition coefficient (Wildman–Crippen LogP) is -0.466. The molecule has 3 rings (SSSR count). The first kappa shape index (κ1) is 28.9. The second-order valence-electron chi connectivity index (χ2n) is 8.87. The van der Waals surface area contributed by atoms with Crippen molar-refractivity contribution < 1.29 is 28.8 Å². The fraction of sp³-hybridized carbons (Fsp3) is 0.667. The number of carbonyl (C=O) groups is 2. The highest BCUT2D eigenvalue weighted by atomic mass is 17.2. The standard InChI is InChI=1S/C24H39N7O6/c1-34-23(32)18-28-10-8-27(16-17-37-36-3)9-14-30(15-13-29(12-11-28)19-24(33)35-2)20-31-22-7-5-4-6-21(22)25-26-31/h4-7H,8-20H2,1-3H3. The number of aromatic nitrogens is 3. The van der Waals surface area contributed by atoms with Gasteiger partial charge < -0.3 is 9.47 Å². The highest BCUT2D eigenvalue weighted by Crippen LogP contribution is 2.11. The van der Waals surface area contributed by atoms with E-state index in [2.05, 4.69) is 29.9 Å². The third-order valence-corrected chi connectivity index (χ3v) is 6.45. The number of hydrogen-bond donors (Lipinski definition) is 0. The Hall–Kier alpha value is -2.68. The summed E-state index contributed by atoms with van der Waals surface area (Å²) in [5, 5.41) is 8.65. The third-order valence-electron chi connectivity index (χ3n) is 6.45. The van der Waals surface area contributed by atoms with Crippen LogP contribution in [-0.2, 0) is 35.5 Å². The summed E-state index contributed by atoms with van der Waals surface area (Å²) < 4.78 is 11.7. The predicted molar refractivity (Wildman–Crippen MR) is 135 cm³/mol. The molecular formula is C24H39N7O6. The van der Waals surface area contributed by atoms with E-state index in [0.717, 1.165) is 30.7 Å². The van der Waals surface area contributed by atoms with Gasteiger partial charge in [0.25, 0.3) is 0 Å². The molecule has 0 spiro atoms. The van der Waals surface area contributed by atoms with E-state index >= 15 is 0 Å². The molecule has 1 aromatic heterocycles. The second kappa shape index (κ2) is 15.5. The molecule has 13 nitrogen and oxygen atoms in total. The summed E-state index contributed by atoms with van der Waals surface area (Å²) in [6, 6.07) is 7.89. The number of fused-ring (bicyclic) bond motifs is 1. The molecule has 13 heteroatoms. The van der Waals surface area contributed by atoms with Gasteiger partial charge in [0.1, 0.15) is 5.52 Å². The maximum Gasteiger partial charge on any atom is 0.319 e. The molecule has 0 amide bonds. The van der Waals surface area contributed by atoms with Crippen LogP contribution >= 0.6 is 0 Å². The van der Waals surface area contributed by atoms with Crippen LogP contribution in [0.4, 0.5) is 0 Å². The van der Waals surface area contributed by atoms with Crippen LogP contribution in [0.3, 0.4) is 0 Å². The van der Waals surface area contributed by atoms with Crippen molar-refractivity contribution in [2.24, 2.45) is 0 Å². The average Bonchev–Trinajstić information content (AvgIpc) is 3.32. The number of carbonyl (C=O) groups excluding carboxylic acids is 2. The Morgan fingerprint density at radius 1 is 0.784 bits per heavy atom. The van der Waals surface area contributed by atoms with Crippen LogP contribution in [0.5, 0.6) is 0 Å². The molecule has 1 saturated heterocycles. The molecule has 2 heterocycles. The van der Waals surface area contributed by atoms with E-state index in [0.29, 0.717) is 52.5 Å². The summed E-state index contributed by atoms with van der Waals surface area (Å²) >= 11 is 0. The van der Waals surface area contributed by atoms with Gasteiger partial charge in [-0.2, -0.15) is 0 Å². The van der Waals surface area contributed by atoms with Gasteiger partial charge in [0.2, 0.25) is 0 Å². The van der Waals surface area contributed by atoms with E-state index in [9.17, 15) is 9.59 Å². The van der Waals surface area contributed by atoms with Gasteiger partial charge in [0.05, 0.1) is 53.2 Å². The van der Waals surface area contributed by atoms with E-state index < -0.39 is 0 Å². The number of para-hydroxylation sites is 1. The fourth-order valence-electron chi connectivity index (χ4n) is 4.22. The largest absolute Gasteiger partial charge is 0.468 e. The number of benzene rings is 1. The van der Waals surface area contributed by atoms with Crippen LogP contribution in [0.25, 0.3) is 11.0 Å². The van der Waals surface area contributed by atoms with E-state index in [1.54, 1.807) is 0 Å². The quantitative estimate of drug-likeness (QED) is 0.174. The van der Waals surface area contributed by atoms with Crippen molar-refractivity contribution in [3.63, 3.8) is 0 Å². The number of esters is 2. The smallest absolute Gasteiger partial charge is 0.319 e. The van der Waals surface area contributed by atoms with Crippen molar-refractivity contribution in [2.75, 3.05) is 99.9 Å². The lowest BCUT2D eigenvalue weighted by molar-refractivity contribution is -0.273. The van der Waals surface area contributed by atoms with Crippen molar-refractivity contribution in [1.82, 2.24) is 34.6 Å². The summed E-state index contributed by atoms with van der Waals surface area (Å²) in [5.74, 6) is -0.572. The summed E-state index contributed by atoms with van der Waals surface area (Å²) in [6.45, 7) is 7.62. The Bertz CT molecular complexity index is 974. The first-order valence-electron chi connectivity index (χ1n) is 12.5. The molecule has 1 aliphatic heterocycles. The van der Waals surface area contributed by atoms with Gasteiger partial charge in [0, 0.05) is 58.9 Å². The number of rotatable bonds is 10. The molecule has 0 unspecified atom stereocenters. The van der Waals surface area contributed by atoms with Gasteiger partial charge in [-0.3, -0.25) is 29.2 Å². The van der Waals surface area contributed by atoms with Crippen molar-refractivity contribution in [3.05, 3.63) is 24.3 Å². The first-order valence-corrected chi connectivity index (χ1v) is 12.5. The van der Waals surface area contributed by atoms with Crippen LogP contribution in [-0.4, -0.2) is 146 Å². The van der Waals surface area contributed by atoms with Gasteiger partial charge in [-0.1, -0.05) is 17.3 Å². The topological polar surface area (TPSA) is 115 Å². The summed E-state index contributed by atoms with van der Waals surface area (Å²) in [5.41, 5.74) is 1.83. The molecule has 1 fully saturated rings. The molecule has 0 saturated carbocycles. The lowest BCUT2D eigenvalue weighted by Crippen LogP contribution is -2.48. The molecule has 1 aliphatic rings. The molecule has 0 bridgehead atoms. The first-order chi connectivity index (χ1) is 18.0. The molecule has 0 radical (unpaired) electrons. The van der Waals surface area contributed by atoms with Crippen LogP contribution in [0, 0.1) is 0 Å². The lowest BCUT2D eigenvalue weighted by Gasteiger charge is -2.33. The van der Waals surface area contributed by atoms with Gasteiger partial charge in [-0.25, -0.2) is 14.5 Å². The van der Waals surface area contributed by atoms with Gasteiger partial charge in [0.15, 0.2) is 0 Å². The Kier molecular flexibility index (Phi) is 12.1. The number of nitrogens with zero attached hydrogens (tertiary/aromatic N) is 7. The lowest BCUT2D eigenvalue weighted by atomic mass is 10.3. The zero-order valence-corrected chi connectivity index (χ0v) is 22.1. The minimum atomic E-state index is -0.287. The maximum absolute atomic E-state index is 12.1. The van der Waals surface area contributed by atoms with Crippen LogP contribution in [0.15, 0.2) is 24.3 Å². The SMILES string of the molecule is COOCCN1CCN(CC(=O)OC)CCN(CC(=O)OC)CCN(Cn2nnc3ccccc32)CC1. The summed E-state index contributed by atoms with van der Waals surface area (Å²) in [6.07, 6.45) is 0. The molecule has 37 heavy (non-hydrogen) atoms. The monoisotopic (exact) mass is 521 g/mol. The van der Waals surface area contributed by atoms with Crippen LogP contribution < -0.4 is 0 Å². The van der Waals surface area contributed by atoms with E-state index in [1.165, 1.54) is 21.3 Å². The van der Waals surface area contributed by atoms with Crippen molar-refractivity contribution in [3.8, 4) is 0 Å². The highest BCUT2D eigenvalue weighted by Gasteiger charge is 2.20. The minimum absolute atomic E-state index is 0.184. The molecule has 0 atom stereocenters. The van der Waals surface area contributed by atoms with Gasteiger partial charge in [-0.05, 0) is 12.1 Å². The molecule has 206 valence electrons. The van der Waals surface area contributed by atoms with Gasteiger partial charge in [-0.15, -0.1) is 5.10 Å². The van der Waals surface area contributed by atoms with Crippen molar-refractivity contribution in [1.29, 1.82) is 0 Å². The van der Waals surface area contributed by atoms with Crippen LogP contribution in [0.1, 0.15) is 0 Å². The minimum Gasteiger partial charge on any atom is -0.468 e. The van der Waals surface area contributed by atoms with Crippen LogP contribution in [0.2, 0.25) is 0 Å². The Morgan fingerprint density at radius 3 is 1.89 bits per heavy atom. The summed E-state index contributed by atoms with van der Waals surface area (Å²) in [4.78, 5) is 42.7. The van der Waals surface area contributed by atoms with Gasteiger partial charge >= 0.3 is 11.9 Å². The Morgan fingerprint density at radius 2 is 1.32 bits per heavy atom. The van der Waals surface area contributed by atoms with E-state index in [4.69, 9.17) is 19.2 Å². The second-order valence-corrected chi connectivity index (χ2v) is 8.87. The zero-order chi connectivity index (χ0) is 26.5. The maximum atomic E-state index is 12.1. The third kappa shape index (κ3) is 9.61. The highest BCUT2D eigenvalue weighted by molar-refractivity contribution is 5.73. The van der Waals surface area contributed by atoms with E-state index in [-0.39, 0.29) is 25.0 Å². The molecule has 1 aromatic carbocycles. The Labute approximate surface area is 217 Å². The fourth-order valence-corrected chi connectivity index (χ4v) is 4.22. The molecule has 2 aromatic rings. The van der Waals surface area contributed by atoms with E-state index in [1.807, 2.05) is 28.9 Å². The Balaban J connectivity index is 1.76. The molecule has 0 N–H and O–H groups in total. The van der Waals surface area contributed by atoms with Crippen molar-refractivity contribution >= 4 is 23.0 Å². The summed E-state index contributed by atoms with van der Waals surface area (Å²) in [7, 11) is 4.29. The zero-order valence-electron chi connectivity index (χ0n) is 22.1. The molecular weight excluding hydrogens is 482 g/mol. The van der Waals surface area contributed by atoms with Crippen molar-refractivity contribution in [2.45, 2.75) is 6.67 Å². The number of ether oxygens (including phenoxy) is 2. The average molecular weight is 522 g/mol. The molecule has 0 aliphatic carbocycles. The normalized spacial score (nSPS) is 17.8.